The largest absolute Gasteiger partial charge is 0.304 e. The molecule has 26 heavy (non-hydrogen) atoms. The van der Waals surface area contributed by atoms with Gasteiger partial charge >= 0.3 is 0 Å². The molecule has 2 aromatic rings. The Balaban J connectivity index is 0.000000419. The molecule has 0 aliphatic carbocycles. The van der Waals surface area contributed by atoms with Gasteiger partial charge in [-0.15, -0.1) is 0 Å². The fourth-order valence-corrected chi connectivity index (χ4v) is 2.40. The van der Waals surface area contributed by atoms with Crippen molar-refractivity contribution in [3.63, 3.8) is 0 Å². The number of aryl methyl sites for hydroxylation is 4. The van der Waals surface area contributed by atoms with Crippen LogP contribution in [0.25, 0.3) is 0 Å². The van der Waals surface area contributed by atoms with E-state index in [1.807, 2.05) is 12.1 Å². The fourth-order valence-electron chi connectivity index (χ4n) is 2.40. The average molecular weight is 353 g/mol. The molecule has 0 spiro atoms. The molecule has 0 aliphatic heterocycles. The van der Waals surface area contributed by atoms with Crippen molar-refractivity contribution >= 4 is 12.6 Å². The summed E-state index contributed by atoms with van der Waals surface area (Å²) in [7, 11) is 0. The van der Waals surface area contributed by atoms with Crippen molar-refractivity contribution in [3.05, 3.63) is 82.9 Å². The average Bonchev–Trinajstić information content (AvgIpc) is 2.64. The first-order chi connectivity index (χ1) is 12.6. The predicted molar refractivity (Wildman–Crippen MR) is 112 cm³/mol. The van der Waals surface area contributed by atoms with Gasteiger partial charge in [0.1, 0.15) is 12.6 Å². The number of carbonyl (C=O) groups is 2. The molecule has 0 saturated carbocycles. The van der Waals surface area contributed by atoms with Crippen LogP contribution in [0.2, 0.25) is 0 Å². The van der Waals surface area contributed by atoms with Gasteiger partial charge in [-0.3, -0.25) is 0 Å². The van der Waals surface area contributed by atoms with Crippen molar-refractivity contribution in [1.82, 2.24) is 0 Å². The lowest BCUT2D eigenvalue weighted by Gasteiger charge is -2.01. The van der Waals surface area contributed by atoms with Gasteiger partial charge in [0.2, 0.25) is 0 Å². The van der Waals surface area contributed by atoms with E-state index < -0.39 is 0 Å². The molecule has 0 radical (unpaired) electrons. The zero-order chi connectivity index (χ0) is 19.6. The number of benzene rings is 2. The molecule has 0 amide bonds. The molecule has 2 rings (SSSR count). The second-order valence-electron chi connectivity index (χ2n) is 5.90. The summed E-state index contributed by atoms with van der Waals surface area (Å²) in [6.07, 6.45) is 9.86. The second kappa shape index (κ2) is 16.0. The fraction of sp³-hybridized carbons (Fsp3) is 0.333. The van der Waals surface area contributed by atoms with Gasteiger partial charge in [-0.05, 0) is 69.2 Å². The van der Waals surface area contributed by atoms with Crippen LogP contribution in [0.1, 0.15) is 48.9 Å². The Morgan fingerprint density at radius 1 is 0.731 bits per heavy atom. The van der Waals surface area contributed by atoms with E-state index in [-0.39, 0.29) is 0 Å². The number of allylic oxidation sites excluding steroid dienone is 2. The lowest BCUT2D eigenvalue weighted by atomic mass is 10.0. The van der Waals surface area contributed by atoms with Crippen LogP contribution >= 0.6 is 0 Å². The standard InChI is InChI=1S/C12H16.C10H12O.C2H4O/c1-3-4-5-9-12-10-7-6-8-11(12)2;1-9-5-2-3-6-10(9)7-4-8-11;1-2-3/h3-4,6-8,10H,5,9H2,1-2H3;2-3,5-6,8H,4,7H2,1H3;2H,1H3. The topological polar surface area (TPSA) is 34.1 Å². The molecule has 0 heterocycles. The summed E-state index contributed by atoms with van der Waals surface area (Å²) < 4.78 is 0. The Morgan fingerprint density at radius 3 is 1.54 bits per heavy atom. The predicted octanol–water partition coefficient (Wildman–Crippen LogP) is 5.84. The maximum absolute atomic E-state index is 10.1. The van der Waals surface area contributed by atoms with Crippen molar-refractivity contribution < 1.29 is 9.59 Å². The van der Waals surface area contributed by atoms with Crippen molar-refractivity contribution in [2.75, 3.05) is 0 Å². The molecule has 140 valence electrons. The van der Waals surface area contributed by atoms with Crippen molar-refractivity contribution in [1.29, 1.82) is 0 Å². The van der Waals surface area contributed by atoms with Gasteiger partial charge in [0.25, 0.3) is 0 Å². The van der Waals surface area contributed by atoms with Crippen molar-refractivity contribution in [2.24, 2.45) is 0 Å². The van der Waals surface area contributed by atoms with E-state index in [4.69, 9.17) is 4.79 Å². The third-order valence-electron chi connectivity index (χ3n) is 3.87. The summed E-state index contributed by atoms with van der Waals surface area (Å²) in [6, 6.07) is 16.7. The van der Waals surface area contributed by atoms with Gasteiger partial charge in [0.05, 0.1) is 0 Å². The molecule has 0 atom stereocenters. The highest BCUT2D eigenvalue weighted by Crippen LogP contribution is 2.09. The van der Waals surface area contributed by atoms with E-state index in [0.29, 0.717) is 6.42 Å². The molecule has 0 unspecified atom stereocenters. The Labute approximate surface area is 159 Å². The molecule has 0 N–H and O–H groups in total. The summed E-state index contributed by atoms with van der Waals surface area (Å²) in [5.74, 6) is 0. The zero-order valence-electron chi connectivity index (χ0n) is 16.6. The maximum Gasteiger partial charge on any atom is 0.120 e. The van der Waals surface area contributed by atoms with Gasteiger partial charge in [-0.25, -0.2) is 0 Å². The van der Waals surface area contributed by atoms with Gasteiger partial charge < -0.3 is 9.59 Å². The molecule has 0 aliphatic rings. The first kappa shape index (κ1) is 23.5. The molecule has 0 bridgehead atoms. The summed E-state index contributed by atoms with van der Waals surface area (Å²) in [6.45, 7) is 7.75. The van der Waals surface area contributed by atoms with Crippen LogP contribution in [0, 0.1) is 13.8 Å². The Hall–Kier alpha value is -2.48. The summed E-state index contributed by atoms with van der Waals surface area (Å²) in [5.41, 5.74) is 5.42. The minimum Gasteiger partial charge on any atom is -0.304 e. The summed E-state index contributed by atoms with van der Waals surface area (Å²) in [5, 5.41) is 0. The van der Waals surface area contributed by atoms with Gasteiger partial charge in [0.15, 0.2) is 0 Å². The van der Waals surface area contributed by atoms with Crippen molar-refractivity contribution in [3.8, 4) is 0 Å². The highest BCUT2D eigenvalue weighted by atomic mass is 16.1. The Bertz CT molecular complexity index is 657. The number of hydrogen-bond acceptors (Lipinski definition) is 2. The molecule has 0 fully saturated rings. The van der Waals surface area contributed by atoms with E-state index in [9.17, 15) is 4.79 Å². The van der Waals surface area contributed by atoms with Crippen LogP contribution in [0.3, 0.4) is 0 Å². The number of carbonyl (C=O) groups excluding carboxylic acids is 2. The smallest absolute Gasteiger partial charge is 0.120 e. The Kier molecular flexibility index (Phi) is 14.5. The van der Waals surface area contributed by atoms with Crippen LogP contribution in [0.5, 0.6) is 0 Å². The van der Waals surface area contributed by atoms with E-state index in [1.54, 1.807) is 0 Å². The van der Waals surface area contributed by atoms with E-state index in [1.165, 1.54) is 29.2 Å². The minimum absolute atomic E-state index is 0.630. The van der Waals surface area contributed by atoms with E-state index in [2.05, 4.69) is 69.3 Å². The number of aldehydes is 2. The Morgan fingerprint density at radius 2 is 1.15 bits per heavy atom. The highest BCUT2D eigenvalue weighted by Gasteiger charge is 1.94. The first-order valence-electron chi connectivity index (χ1n) is 9.14. The SMILES string of the molecule is CC=CCCc1ccccc1C.CC=O.Cc1ccccc1CCC=O. The molecular weight excluding hydrogens is 320 g/mol. The van der Waals surface area contributed by atoms with E-state index >= 15 is 0 Å². The maximum atomic E-state index is 10.1. The van der Waals surface area contributed by atoms with Crippen LogP contribution in [-0.2, 0) is 22.4 Å². The quantitative estimate of drug-likeness (QED) is 0.484. The second-order valence-corrected chi connectivity index (χ2v) is 5.90. The molecule has 2 heteroatoms. The van der Waals surface area contributed by atoms with Crippen LogP contribution in [0.4, 0.5) is 0 Å². The van der Waals surface area contributed by atoms with Crippen molar-refractivity contribution in [2.45, 2.75) is 53.4 Å². The van der Waals surface area contributed by atoms with Crippen LogP contribution in [-0.4, -0.2) is 12.6 Å². The van der Waals surface area contributed by atoms with Gasteiger partial charge in [-0.2, -0.15) is 0 Å². The third kappa shape index (κ3) is 11.1. The summed E-state index contributed by atoms with van der Waals surface area (Å²) in [4.78, 5) is 18.9. The molecule has 0 aromatic heterocycles. The molecule has 0 saturated heterocycles. The van der Waals surface area contributed by atoms with E-state index in [0.717, 1.165) is 31.8 Å². The van der Waals surface area contributed by atoms with Crippen LogP contribution < -0.4 is 0 Å². The first-order valence-corrected chi connectivity index (χ1v) is 9.14. The minimum atomic E-state index is 0.630. The lowest BCUT2D eigenvalue weighted by Crippen LogP contribution is -1.88. The molecular formula is C24H32O2. The highest BCUT2D eigenvalue weighted by molar-refractivity contribution is 5.50. The number of hydrogen-bond donors (Lipinski definition) is 0. The monoisotopic (exact) mass is 352 g/mol. The lowest BCUT2D eigenvalue weighted by molar-refractivity contribution is -0.108. The summed E-state index contributed by atoms with van der Waals surface area (Å²) >= 11 is 0. The van der Waals surface area contributed by atoms with Gasteiger partial charge in [-0.1, -0.05) is 60.7 Å². The number of rotatable bonds is 6. The van der Waals surface area contributed by atoms with Crippen LogP contribution in [0.15, 0.2) is 60.7 Å². The normalized spacial score (nSPS) is 9.54. The zero-order valence-corrected chi connectivity index (χ0v) is 16.6. The van der Waals surface area contributed by atoms with Gasteiger partial charge in [0, 0.05) is 6.42 Å². The third-order valence-corrected chi connectivity index (χ3v) is 3.87. The molecule has 2 nitrogen and oxygen atoms in total. The molecule has 2 aromatic carbocycles.